The normalized spacial score (nSPS) is 16.7. The second kappa shape index (κ2) is 7.11. The van der Waals surface area contributed by atoms with E-state index in [1.54, 1.807) is 26.8 Å². The molecule has 0 saturated carbocycles. The molecule has 1 aliphatic heterocycles. The molecular weight excluding hydrogens is 327 g/mol. The van der Waals surface area contributed by atoms with Crippen molar-refractivity contribution in [1.82, 2.24) is 4.90 Å². The second-order valence-corrected chi connectivity index (χ2v) is 7.02. The number of carbonyl (C=O) groups excluding carboxylic acids is 2. The van der Waals surface area contributed by atoms with Gasteiger partial charge in [-0.1, -0.05) is 18.2 Å². The van der Waals surface area contributed by atoms with E-state index in [4.69, 9.17) is 10.3 Å². The molecule has 0 atom stereocenters. The van der Waals surface area contributed by atoms with Crippen LogP contribution in [0.4, 0.5) is 9.18 Å². The van der Waals surface area contributed by atoms with Crippen molar-refractivity contribution >= 4 is 12.0 Å². The first kappa shape index (κ1) is 18.7. The number of azide groups is 1. The van der Waals surface area contributed by atoms with Gasteiger partial charge in [0.15, 0.2) is 0 Å². The monoisotopic (exact) mass is 348 g/mol. The van der Waals surface area contributed by atoms with Crippen molar-refractivity contribution < 1.29 is 18.7 Å². The second-order valence-electron chi connectivity index (χ2n) is 7.02. The molecule has 1 aromatic carbocycles. The van der Waals surface area contributed by atoms with E-state index in [0.29, 0.717) is 0 Å². The molecule has 25 heavy (non-hydrogen) atoms. The lowest BCUT2D eigenvalue weighted by molar-refractivity contribution is -0.125. The van der Waals surface area contributed by atoms with E-state index in [2.05, 4.69) is 10.0 Å². The zero-order valence-electron chi connectivity index (χ0n) is 14.5. The number of piperidine rings is 1. The topological polar surface area (TPSA) is 95.4 Å². The Morgan fingerprint density at radius 2 is 1.88 bits per heavy atom. The number of hydrogen-bond donors (Lipinski definition) is 0. The van der Waals surface area contributed by atoms with Crippen molar-refractivity contribution in [2.75, 3.05) is 13.1 Å². The molecule has 0 spiro atoms. The first-order valence-electron chi connectivity index (χ1n) is 8.02. The number of ether oxygens (including phenoxy) is 1. The van der Waals surface area contributed by atoms with Gasteiger partial charge in [-0.15, -0.1) is 0 Å². The summed E-state index contributed by atoms with van der Waals surface area (Å²) in [5.74, 6) is -1.27. The van der Waals surface area contributed by atoms with Gasteiger partial charge in [0.25, 0.3) is 0 Å². The molecule has 134 valence electrons. The van der Waals surface area contributed by atoms with Crippen LogP contribution in [0.1, 0.15) is 39.2 Å². The van der Waals surface area contributed by atoms with E-state index in [9.17, 15) is 14.0 Å². The van der Waals surface area contributed by atoms with Crippen LogP contribution in [0.5, 0.6) is 0 Å². The Morgan fingerprint density at radius 1 is 1.28 bits per heavy atom. The van der Waals surface area contributed by atoms with E-state index >= 15 is 0 Å². The van der Waals surface area contributed by atoms with Gasteiger partial charge in [0.05, 0.1) is 5.41 Å². The van der Waals surface area contributed by atoms with E-state index in [1.165, 1.54) is 23.1 Å². The summed E-state index contributed by atoms with van der Waals surface area (Å²) in [6.45, 7) is 5.71. The number of hydrogen-bond acceptors (Lipinski definition) is 3. The third kappa shape index (κ3) is 4.09. The maximum Gasteiger partial charge on any atom is 0.410 e. The first-order chi connectivity index (χ1) is 11.7. The van der Waals surface area contributed by atoms with Gasteiger partial charge in [-0.3, -0.25) is 4.79 Å². The summed E-state index contributed by atoms with van der Waals surface area (Å²) in [5, 5.41) is 3.21. The molecule has 0 N–H and O–H groups in total. The predicted octanol–water partition coefficient (Wildman–Crippen LogP) is 3.93. The average Bonchev–Trinajstić information content (AvgIpc) is 2.54. The van der Waals surface area contributed by atoms with Gasteiger partial charge in [-0.25, -0.2) is 9.18 Å². The van der Waals surface area contributed by atoms with E-state index in [1.807, 2.05) is 0 Å². The molecule has 0 unspecified atom stereocenters. The van der Waals surface area contributed by atoms with Crippen molar-refractivity contribution in [1.29, 1.82) is 0 Å². The van der Waals surface area contributed by atoms with E-state index < -0.39 is 28.8 Å². The molecule has 0 bridgehead atoms. The predicted molar refractivity (Wildman–Crippen MR) is 89.3 cm³/mol. The summed E-state index contributed by atoms with van der Waals surface area (Å²) in [4.78, 5) is 28.7. The minimum Gasteiger partial charge on any atom is -0.444 e. The Bertz CT molecular complexity index is 715. The highest BCUT2D eigenvalue weighted by molar-refractivity contribution is 5.89. The van der Waals surface area contributed by atoms with Gasteiger partial charge in [-0.2, -0.15) is 0 Å². The maximum atomic E-state index is 14.3. The third-order valence-electron chi connectivity index (χ3n) is 4.20. The Hall–Kier alpha value is -2.60. The Morgan fingerprint density at radius 3 is 2.40 bits per heavy atom. The zero-order chi connectivity index (χ0) is 18.7. The number of amides is 2. The van der Waals surface area contributed by atoms with Crippen LogP contribution in [-0.2, 0) is 14.9 Å². The van der Waals surface area contributed by atoms with Crippen molar-refractivity contribution in [3.63, 3.8) is 0 Å². The van der Waals surface area contributed by atoms with E-state index in [0.717, 1.165) is 0 Å². The fourth-order valence-electron chi connectivity index (χ4n) is 2.98. The number of nitrogens with zero attached hydrogens (tertiary/aromatic N) is 4. The van der Waals surface area contributed by atoms with Crippen LogP contribution < -0.4 is 0 Å². The lowest BCUT2D eigenvalue weighted by Gasteiger charge is -2.40. The molecule has 1 aliphatic rings. The standard InChI is InChI=1S/C17H21FN4O3/c1-16(2,3)25-15(24)22-10-8-17(9-11-22,14(23)20-21-19)12-6-4-5-7-13(12)18/h4-7H,8-11H2,1-3H3. The Balaban J connectivity index is 2.28. The number of likely N-dealkylation sites (tertiary alicyclic amines) is 1. The van der Waals surface area contributed by atoms with Gasteiger partial charge in [-0.05, 0) is 50.3 Å². The quantitative estimate of drug-likeness (QED) is 0.460. The van der Waals surface area contributed by atoms with Crippen molar-refractivity contribution in [3.05, 3.63) is 46.1 Å². The molecule has 0 aromatic heterocycles. The lowest BCUT2D eigenvalue weighted by atomic mass is 9.72. The Kier molecular flexibility index (Phi) is 5.33. The summed E-state index contributed by atoms with van der Waals surface area (Å²) in [5.41, 5.74) is 6.92. The summed E-state index contributed by atoms with van der Waals surface area (Å²) in [7, 11) is 0. The summed E-state index contributed by atoms with van der Waals surface area (Å²) < 4.78 is 19.6. The van der Waals surface area contributed by atoms with Crippen LogP contribution in [0.25, 0.3) is 10.4 Å². The smallest absolute Gasteiger partial charge is 0.410 e. The van der Waals surface area contributed by atoms with Crippen LogP contribution >= 0.6 is 0 Å². The molecule has 0 aliphatic carbocycles. The minimum absolute atomic E-state index is 0.158. The fourth-order valence-corrected chi connectivity index (χ4v) is 2.98. The SMILES string of the molecule is CC(C)(C)OC(=O)N1CCC(C(=O)N=[N+]=[N-])(c2ccccc2F)CC1. The maximum absolute atomic E-state index is 14.3. The zero-order valence-corrected chi connectivity index (χ0v) is 14.5. The molecule has 2 rings (SSSR count). The molecule has 8 heteroatoms. The number of halogens is 1. The number of carbonyl (C=O) groups is 2. The van der Waals surface area contributed by atoms with Crippen molar-refractivity contribution in [2.45, 2.75) is 44.6 Å². The largest absolute Gasteiger partial charge is 0.444 e. The highest BCUT2D eigenvalue weighted by Crippen LogP contribution is 2.38. The molecule has 1 heterocycles. The molecule has 1 fully saturated rings. The van der Waals surface area contributed by atoms with Gasteiger partial charge in [0.1, 0.15) is 11.4 Å². The Labute approximate surface area is 145 Å². The van der Waals surface area contributed by atoms with Gasteiger partial charge in [0, 0.05) is 23.6 Å². The van der Waals surface area contributed by atoms with Crippen molar-refractivity contribution in [2.24, 2.45) is 5.11 Å². The van der Waals surface area contributed by atoms with Crippen LogP contribution in [0.3, 0.4) is 0 Å². The lowest BCUT2D eigenvalue weighted by Crippen LogP contribution is -2.50. The summed E-state index contributed by atoms with van der Waals surface area (Å²) in [6, 6.07) is 5.94. The minimum atomic E-state index is -1.27. The molecule has 2 amide bonds. The molecule has 1 saturated heterocycles. The molecule has 1 aromatic rings. The fraction of sp³-hybridized carbons (Fsp3) is 0.529. The highest BCUT2D eigenvalue weighted by atomic mass is 19.1. The average molecular weight is 348 g/mol. The van der Waals surface area contributed by atoms with E-state index in [-0.39, 0.29) is 31.5 Å². The van der Waals surface area contributed by atoms with Gasteiger partial charge in [0.2, 0.25) is 5.91 Å². The molecule has 7 nitrogen and oxygen atoms in total. The van der Waals surface area contributed by atoms with Gasteiger partial charge >= 0.3 is 6.09 Å². The summed E-state index contributed by atoms with van der Waals surface area (Å²) >= 11 is 0. The molecular formula is C17H21FN4O3. The van der Waals surface area contributed by atoms with Crippen LogP contribution in [-0.4, -0.2) is 35.6 Å². The summed E-state index contributed by atoms with van der Waals surface area (Å²) in [6.07, 6.45) is -0.165. The molecule has 0 radical (unpaired) electrons. The first-order valence-corrected chi connectivity index (χ1v) is 8.02. The van der Waals surface area contributed by atoms with Gasteiger partial charge < -0.3 is 9.64 Å². The third-order valence-corrected chi connectivity index (χ3v) is 4.20. The van der Waals surface area contributed by atoms with Crippen LogP contribution in [0.15, 0.2) is 29.4 Å². The number of benzene rings is 1. The number of rotatable bonds is 2. The van der Waals surface area contributed by atoms with Crippen molar-refractivity contribution in [3.8, 4) is 0 Å². The van der Waals surface area contributed by atoms with Crippen LogP contribution in [0.2, 0.25) is 0 Å². The highest BCUT2D eigenvalue weighted by Gasteiger charge is 2.45. The van der Waals surface area contributed by atoms with Crippen LogP contribution in [0, 0.1) is 5.82 Å².